The average molecular weight is 298 g/mol. The Bertz CT molecular complexity index is 387. The molecule has 0 aromatic heterocycles. The molecule has 0 unspecified atom stereocenters. The number of nitrogens with zero attached hydrogens (tertiary/aromatic N) is 1. The molecule has 1 aromatic carbocycles. The molecule has 0 heterocycles. The van der Waals surface area contributed by atoms with E-state index in [1.807, 2.05) is 31.2 Å². The van der Waals surface area contributed by atoms with E-state index in [2.05, 4.69) is 15.9 Å². The van der Waals surface area contributed by atoms with E-state index in [1.54, 1.807) is 24.1 Å². The van der Waals surface area contributed by atoms with Crippen LogP contribution in [0.5, 0.6) is 5.75 Å². The van der Waals surface area contributed by atoms with Gasteiger partial charge in [-0.25, -0.2) is 0 Å². The van der Waals surface area contributed by atoms with Crippen molar-refractivity contribution >= 4 is 21.8 Å². The Kier molecular flexibility index (Phi) is 5.77. The molecule has 17 heavy (non-hydrogen) atoms. The van der Waals surface area contributed by atoms with Crippen LogP contribution < -0.4 is 4.74 Å². The first-order valence-corrected chi connectivity index (χ1v) is 6.19. The smallest absolute Gasteiger partial charge is 0.246 e. The number of hydrogen-bond acceptors (Lipinski definition) is 2. The first-order chi connectivity index (χ1) is 8.13. The number of allylic oxidation sites excluding steroid dienone is 1. The summed E-state index contributed by atoms with van der Waals surface area (Å²) in [4.78, 5) is 13.0. The Hall–Kier alpha value is -1.29. The molecule has 0 spiro atoms. The summed E-state index contributed by atoms with van der Waals surface area (Å²) in [5, 5.41) is 0. The Morgan fingerprint density at radius 2 is 2.06 bits per heavy atom. The number of carbonyl (C=O) groups is 1. The fraction of sp³-hybridized carbons (Fsp3) is 0.308. The summed E-state index contributed by atoms with van der Waals surface area (Å²) in [5.74, 6) is 0.798. The van der Waals surface area contributed by atoms with Gasteiger partial charge in [-0.15, -0.1) is 0 Å². The Balaban J connectivity index is 2.32. The zero-order chi connectivity index (χ0) is 12.7. The van der Waals surface area contributed by atoms with Gasteiger partial charge in [0.1, 0.15) is 12.4 Å². The zero-order valence-electron chi connectivity index (χ0n) is 10.0. The number of likely N-dealkylation sites (N-methyl/N-ethyl adjacent to an activating group) is 1. The van der Waals surface area contributed by atoms with Crippen molar-refractivity contribution in [2.45, 2.75) is 6.92 Å². The SMILES string of the molecule is CC=CC(=O)N(C)CCOc1ccc(Br)cc1. The van der Waals surface area contributed by atoms with E-state index >= 15 is 0 Å². The number of hydrogen-bond donors (Lipinski definition) is 0. The van der Waals surface area contributed by atoms with Gasteiger partial charge in [-0.05, 0) is 37.3 Å². The molecule has 0 aliphatic heterocycles. The number of amides is 1. The zero-order valence-corrected chi connectivity index (χ0v) is 11.6. The molecular weight excluding hydrogens is 282 g/mol. The van der Waals surface area contributed by atoms with Crippen molar-refractivity contribution < 1.29 is 9.53 Å². The van der Waals surface area contributed by atoms with Gasteiger partial charge in [0.25, 0.3) is 0 Å². The maximum atomic E-state index is 11.4. The van der Waals surface area contributed by atoms with Crippen molar-refractivity contribution in [1.82, 2.24) is 4.90 Å². The van der Waals surface area contributed by atoms with Crippen LogP contribution in [-0.4, -0.2) is 31.0 Å². The molecule has 0 bridgehead atoms. The predicted molar refractivity (Wildman–Crippen MR) is 72.1 cm³/mol. The molecular formula is C13H16BrNO2. The summed E-state index contributed by atoms with van der Waals surface area (Å²) < 4.78 is 6.54. The van der Waals surface area contributed by atoms with Crippen LogP contribution in [0.25, 0.3) is 0 Å². The second kappa shape index (κ2) is 7.12. The molecule has 0 atom stereocenters. The number of halogens is 1. The standard InChI is InChI=1S/C13H16BrNO2/c1-3-4-13(16)15(2)9-10-17-12-7-5-11(14)6-8-12/h3-8H,9-10H2,1-2H3. The van der Waals surface area contributed by atoms with Crippen molar-refractivity contribution in [2.24, 2.45) is 0 Å². The van der Waals surface area contributed by atoms with E-state index in [9.17, 15) is 4.79 Å². The van der Waals surface area contributed by atoms with E-state index in [0.717, 1.165) is 10.2 Å². The molecule has 92 valence electrons. The van der Waals surface area contributed by atoms with Gasteiger partial charge in [0.05, 0.1) is 6.54 Å². The largest absolute Gasteiger partial charge is 0.492 e. The Morgan fingerprint density at radius 3 is 2.65 bits per heavy atom. The van der Waals surface area contributed by atoms with Crippen LogP contribution in [0.3, 0.4) is 0 Å². The normalized spacial score (nSPS) is 10.5. The monoisotopic (exact) mass is 297 g/mol. The minimum atomic E-state index is -0.00749. The first kappa shape index (κ1) is 13.8. The van der Waals surface area contributed by atoms with Gasteiger partial charge in [0.2, 0.25) is 5.91 Å². The third kappa shape index (κ3) is 5.04. The lowest BCUT2D eigenvalue weighted by molar-refractivity contribution is -0.125. The van der Waals surface area contributed by atoms with Crippen LogP contribution in [-0.2, 0) is 4.79 Å². The second-order valence-corrected chi connectivity index (χ2v) is 4.48. The van der Waals surface area contributed by atoms with Crippen LogP contribution in [0.1, 0.15) is 6.92 Å². The molecule has 1 aromatic rings. The van der Waals surface area contributed by atoms with Crippen molar-refractivity contribution in [2.75, 3.05) is 20.2 Å². The number of carbonyl (C=O) groups excluding carboxylic acids is 1. The molecule has 1 amide bonds. The summed E-state index contributed by atoms with van der Waals surface area (Å²) >= 11 is 3.36. The summed E-state index contributed by atoms with van der Waals surface area (Å²) in [5.41, 5.74) is 0. The molecule has 4 heteroatoms. The van der Waals surface area contributed by atoms with Gasteiger partial charge in [-0.1, -0.05) is 22.0 Å². The summed E-state index contributed by atoms with van der Waals surface area (Å²) in [6.45, 7) is 2.88. The number of ether oxygens (including phenoxy) is 1. The van der Waals surface area contributed by atoms with Crippen LogP contribution in [0.4, 0.5) is 0 Å². The quantitative estimate of drug-likeness (QED) is 0.782. The van der Waals surface area contributed by atoms with E-state index in [-0.39, 0.29) is 5.91 Å². The second-order valence-electron chi connectivity index (χ2n) is 3.56. The van der Waals surface area contributed by atoms with Crippen LogP contribution in [0.2, 0.25) is 0 Å². The number of benzene rings is 1. The van der Waals surface area contributed by atoms with E-state index < -0.39 is 0 Å². The minimum Gasteiger partial charge on any atom is -0.492 e. The van der Waals surface area contributed by atoms with Crippen molar-refractivity contribution in [1.29, 1.82) is 0 Å². The lowest BCUT2D eigenvalue weighted by Crippen LogP contribution is -2.29. The van der Waals surface area contributed by atoms with Crippen molar-refractivity contribution in [3.63, 3.8) is 0 Å². The van der Waals surface area contributed by atoms with Gasteiger partial charge in [0, 0.05) is 11.5 Å². The lowest BCUT2D eigenvalue weighted by atomic mass is 10.3. The molecule has 0 aliphatic rings. The third-order valence-corrected chi connectivity index (χ3v) is 2.72. The maximum absolute atomic E-state index is 11.4. The van der Waals surface area contributed by atoms with Crippen LogP contribution >= 0.6 is 15.9 Å². The van der Waals surface area contributed by atoms with E-state index in [0.29, 0.717) is 13.2 Å². The van der Waals surface area contributed by atoms with E-state index in [1.165, 1.54) is 0 Å². The van der Waals surface area contributed by atoms with Gasteiger partial charge >= 0.3 is 0 Å². The third-order valence-electron chi connectivity index (χ3n) is 2.19. The van der Waals surface area contributed by atoms with Crippen LogP contribution in [0.15, 0.2) is 40.9 Å². The van der Waals surface area contributed by atoms with Gasteiger partial charge < -0.3 is 9.64 Å². The molecule has 0 saturated heterocycles. The van der Waals surface area contributed by atoms with Gasteiger partial charge in [0.15, 0.2) is 0 Å². The molecule has 0 radical (unpaired) electrons. The topological polar surface area (TPSA) is 29.5 Å². The Labute approximate surface area is 110 Å². The minimum absolute atomic E-state index is 0.00749. The highest BCUT2D eigenvalue weighted by atomic mass is 79.9. The van der Waals surface area contributed by atoms with E-state index in [4.69, 9.17) is 4.74 Å². The lowest BCUT2D eigenvalue weighted by Gasteiger charge is -2.15. The van der Waals surface area contributed by atoms with Crippen molar-refractivity contribution in [3.05, 3.63) is 40.9 Å². The molecule has 0 N–H and O–H groups in total. The molecule has 0 aliphatic carbocycles. The highest BCUT2D eigenvalue weighted by Gasteiger charge is 2.03. The van der Waals surface area contributed by atoms with Gasteiger partial charge in [-0.2, -0.15) is 0 Å². The average Bonchev–Trinajstić information content (AvgIpc) is 2.32. The first-order valence-electron chi connectivity index (χ1n) is 5.39. The molecule has 1 rings (SSSR count). The van der Waals surface area contributed by atoms with Crippen molar-refractivity contribution in [3.8, 4) is 5.75 Å². The summed E-state index contributed by atoms with van der Waals surface area (Å²) in [6.07, 6.45) is 3.27. The summed E-state index contributed by atoms with van der Waals surface area (Å²) in [7, 11) is 1.76. The Morgan fingerprint density at radius 1 is 1.41 bits per heavy atom. The highest BCUT2D eigenvalue weighted by molar-refractivity contribution is 9.10. The molecule has 3 nitrogen and oxygen atoms in total. The fourth-order valence-electron chi connectivity index (χ4n) is 1.21. The predicted octanol–water partition coefficient (Wildman–Crippen LogP) is 2.86. The maximum Gasteiger partial charge on any atom is 0.246 e. The van der Waals surface area contributed by atoms with Gasteiger partial charge in [-0.3, -0.25) is 4.79 Å². The summed E-state index contributed by atoms with van der Waals surface area (Å²) in [6, 6.07) is 7.61. The molecule has 0 fully saturated rings. The van der Waals surface area contributed by atoms with Crippen LogP contribution in [0, 0.1) is 0 Å². The fourth-order valence-corrected chi connectivity index (χ4v) is 1.48. The molecule has 0 saturated carbocycles. The number of rotatable bonds is 5. The highest BCUT2D eigenvalue weighted by Crippen LogP contribution is 2.15.